The van der Waals surface area contributed by atoms with Crippen LogP contribution in [0.2, 0.25) is 0 Å². The van der Waals surface area contributed by atoms with Crippen molar-refractivity contribution in [1.29, 1.82) is 0 Å². The maximum Gasteiger partial charge on any atom is 0.410 e. The van der Waals surface area contributed by atoms with Crippen molar-refractivity contribution in [1.82, 2.24) is 14.5 Å². The predicted octanol–water partition coefficient (Wildman–Crippen LogP) is 3.72. The molecule has 1 aliphatic heterocycles. The zero-order valence-corrected chi connectivity index (χ0v) is 18.7. The number of hydrogen-bond donors (Lipinski definition) is 1. The van der Waals surface area contributed by atoms with Crippen LogP contribution < -0.4 is 5.69 Å². The Morgan fingerprint density at radius 3 is 2.71 bits per heavy atom. The number of para-hydroxylation sites is 1. The fraction of sp³-hybridized carbons (Fsp3) is 0.652. The molecule has 2 aliphatic rings. The maximum absolute atomic E-state index is 14.6. The highest BCUT2D eigenvalue weighted by molar-refractivity contribution is 5.79. The molecule has 1 aliphatic carbocycles. The zero-order chi connectivity index (χ0) is 22.3. The monoisotopic (exact) mass is 433 g/mol. The second-order valence-corrected chi connectivity index (χ2v) is 9.87. The third kappa shape index (κ3) is 4.63. The number of carbonyl (C=O) groups is 1. The highest BCUT2D eigenvalue weighted by atomic mass is 19.1. The first-order chi connectivity index (χ1) is 14.6. The van der Waals surface area contributed by atoms with Gasteiger partial charge >= 0.3 is 11.8 Å². The summed E-state index contributed by atoms with van der Waals surface area (Å²) < 4.78 is 27.5. The van der Waals surface area contributed by atoms with Crippen LogP contribution in [-0.4, -0.2) is 58.1 Å². The van der Waals surface area contributed by atoms with Crippen LogP contribution in [0.15, 0.2) is 23.0 Å². The summed E-state index contributed by atoms with van der Waals surface area (Å²) in [6.45, 7) is 6.38. The van der Waals surface area contributed by atoms with Crippen LogP contribution in [0.1, 0.15) is 51.5 Å². The lowest BCUT2D eigenvalue weighted by Gasteiger charge is -2.39. The summed E-state index contributed by atoms with van der Waals surface area (Å²) in [5.41, 5.74) is 2.32. The first-order valence-electron chi connectivity index (χ1n) is 11.0. The van der Waals surface area contributed by atoms with Crippen LogP contribution in [0.4, 0.5) is 9.18 Å². The highest BCUT2D eigenvalue weighted by Crippen LogP contribution is 2.44. The molecule has 1 amide bonds. The number of H-pyrrole nitrogens is 1. The van der Waals surface area contributed by atoms with Crippen LogP contribution in [0, 0.1) is 5.92 Å². The van der Waals surface area contributed by atoms with Gasteiger partial charge < -0.3 is 19.4 Å². The molecule has 170 valence electrons. The summed E-state index contributed by atoms with van der Waals surface area (Å²) in [5, 5.41) is 0. The van der Waals surface area contributed by atoms with Crippen LogP contribution in [0.3, 0.4) is 0 Å². The van der Waals surface area contributed by atoms with Crippen molar-refractivity contribution in [3.8, 4) is 0 Å². The van der Waals surface area contributed by atoms with E-state index in [1.54, 1.807) is 32.4 Å². The number of aromatic amines is 1. The molecule has 31 heavy (non-hydrogen) atoms. The summed E-state index contributed by atoms with van der Waals surface area (Å²) in [5.74, 6) is 0.765. The molecule has 2 aromatic rings. The van der Waals surface area contributed by atoms with Gasteiger partial charge in [-0.25, -0.2) is 14.0 Å². The van der Waals surface area contributed by atoms with E-state index in [0.717, 1.165) is 23.9 Å². The molecule has 2 heterocycles. The zero-order valence-electron chi connectivity index (χ0n) is 18.7. The Labute approximate surface area is 181 Å². The molecule has 1 N–H and O–H groups in total. The lowest BCUT2D eigenvalue weighted by Crippen LogP contribution is -2.50. The normalized spacial score (nSPS) is 26.7. The van der Waals surface area contributed by atoms with Crippen molar-refractivity contribution in [3.63, 3.8) is 0 Å². The number of likely N-dealkylation sites (tertiary alicyclic amines) is 1. The van der Waals surface area contributed by atoms with E-state index < -0.39 is 24.0 Å². The van der Waals surface area contributed by atoms with E-state index in [4.69, 9.17) is 9.47 Å². The topological polar surface area (TPSA) is 76.6 Å². The van der Waals surface area contributed by atoms with E-state index in [1.807, 2.05) is 12.1 Å². The van der Waals surface area contributed by atoms with Crippen LogP contribution >= 0.6 is 0 Å². The van der Waals surface area contributed by atoms with Gasteiger partial charge in [-0.1, -0.05) is 12.1 Å². The predicted molar refractivity (Wildman–Crippen MR) is 116 cm³/mol. The molecule has 7 nitrogen and oxygen atoms in total. The molecule has 0 spiro atoms. The molecular formula is C23H32FN3O4. The largest absolute Gasteiger partial charge is 0.444 e. The van der Waals surface area contributed by atoms with Gasteiger partial charge in [0.15, 0.2) is 0 Å². The van der Waals surface area contributed by atoms with Gasteiger partial charge in [0.05, 0.1) is 23.7 Å². The maximum atomic E-state index is 14.6. The quantitative estimate of drug-likeness (QED) is 0.797. The fourth-order valence-corrected chi connectivity index (χ4v) is 4.62. The second-order valence-electron chi connectivity index (χ2n) is 9.87. The number of alkyl halides is 1. The number of ether oxygens (including phenoxy) is 2. The average molecular weight is 434 g/mol. The molecule has 2 atom stereocenters. The Bertz CT molecular complexity index is 1000. The first-order valence-corrected chi connectivity index (χ1v) is 11.0. The summed E-state index contributed by atoms with van der Waals surface area (Å²) in [6.07, 6.45) is 0.246. The minimum atomic E-state index is -1.21. The smallest absolute Gasteiger partial charge is 0.410 e. The molecule has 2 fully saturated rings. The second kappa shape index (κ2) is 8.30. The van der Waals surface area contributed by atoms with Gasteiger partial charge in [-0.15, -0.1) is 0 Å². The van der Waals surface area contributed by atoms with Gasteiger partial charge in [-0.3, -0.25) is 4.57 Å². The number of aryl methyl sites for hydroxylation is 1. The summed E-state index contributed by atoms with van der Waals surface area (Å²) in [4.78, 5) is 28.4. The summed E-state index contributed by atoms with van der Waals surface area (Å²) in [7, 11) is 1.79. The SMILES string of the molecule is Cn1c(=O)[nH]c2cccc(C3CC(CO[C@H]4CCN(C(=O)OC(C)(C)C)C[C@@H]4F)C3)c21. The minimum Gasteiger partial charge on any atom is -0.444 e. The number of nitrogens with one attached hydrogen (secondary N) is 1. The lowest BCUT2D eigenvalue weighted by atomic mass is 9.71. The molecule has 1 aromatic heterocycles. The molecular weight excluding hydrogens is 401 g/mol. The van der Waals surface area contributed by atoms with Gasteiger partial charge in [0.1, 0.15) is 11.8 Å². The Hall–Kier alpha value is -2.35. The summed E-state index contributed by atoms with van der Waals surface area (Å²) >= 11 is 0. The van der Waals surface area contributed by atoms with Gasteiger partial charge in [0.2, 0.25) is 0 Å². The van der Waals surface area contributed by atoms with Crippen LogP contribution in [0.25, 0.3) is 11.0 Å². The molecule has 0 bridgehead atoms. The van der Waals surface area contributed by atoms with Crippen molar-refractivity contribution in [2.75, 3.05) is 19.7 Å². The van der Waals surface area contributed by atoms with Gasteiger partial charge in [-0.05, 0) is 63.5 Å². The number of imidazole rings is 1. The molecule has 8 heteroatoms. The minimum absolute atomic E-state index is 0.0103. The average Bonchev–Trinajstić information content (AvgIpc) is 2.94. The standard InChI is InChI=1S/C23H32FN3O4/c1-23(2,3)31-22(29)27-9-8-19(17(24)12-27)30-13-14-10-15(11-14)16-6-5-7-18-20(16)26(4)21(28)25-18/h5-7,14-15,17,19H,8-13H2,1-4H3,(H,25,28)/t14?,15?,17-,19-/m0/s1. The van der Waals surface area contributed by atoms with E-state index in [2.05, 4.69) is 11.1 Å². The molecule has 1 aromatic carbocycles. The van der Waals surface area contributed by atoms with Crippen LogP contribution in [-0.2, 0) is 16.5 Å². The van der Waals surface area contributed by atoms with E-state index >= 15 is 0 Å². The summed E-state index contributed by atoms with van der Waals surface area (Å²) in [6, 6.07) is 5.98. The Morgan fingerprint density at radius 2 is 2.03 bits per heavy atom. The van der Waals surface area contributed by atoms with E-state index in [-0.39, 0.29) is 12.2 Å². The number of carbonyl (C=O) groups excluding carboxylic acids is 1. The number of benzene rings is 1. The number of piperidine rings is 1. The van der Waals surface area contributed by atoms with E-state index in [0.29, 0.717) is 31.4 Å². The van der Waals surface area contributed by atoms with Crippen molar-refractivity contribution in [2.45, 2.75) is 63.8 Å². The Kier molecular flexibility index (Phi) is 5.85. The number of aromatic nitrogens is 2. The van der Waals surface area contributed by atoms with Crippen molar-refractivity contribution in [2.24, 2.45) is 13.0 Å². The number of hydrogen-bond acceptors (Lipinski definition) is 4. The number of nitrogens with zero attached hydrogens (tertiary/aromatic N) is 2. The third-order valence-corrected chi connectivity index (χ3v) is 6.30. The lowest BCUT2D eigenvalue weighted by molar-refractivity contribution is -0.0693. The van der Waals surface area contributed by atoms with Gasteiger partial charge in [-0.2, -0.15) is 0 Å². The van der Waals surface area contributed by atoms with Crippen molar-refractivity contribution < 1.29 is 18.7 Å². The number of rotatable bonds is 4. The van der Waals surface area contributed by atoms with E-state index in [1.165, 1.54) is 10.5 Å². The van der Waals surface area contributed by atoms with Crippen LogP contribution in [0.5, 0.6) is 0 Å². The number of amides is 1. The Morgan fingerprint density at radius 1 is 1.29 bits per heavy atom. The van der Waals surface area contributed by atoms with Crippen molar-refractivity contribution >= 4 is 17.1 Å². The molecule has 4 rings (SSSR count). The fourth-order valence-electron chi connectivity index (χ4n) is 4.62. The highest BCUT2D eigenvalue weighted by Gasteiger charge is 2.37. The van der Waals surface area contributed by atoms with Gasteiger partial charge in [0, 0.05) is 20.2 Å². The number of fused-ring (bicyclic) bond motifs is 1. The number of halogens is 1. The van der Waals surface area contributed by atoms with E-state index in [9.17, 15) is 14.0 Å². The third-order valence-electron chi connectivity index (χ3n) is 6.30. The Balaban J connectivity index is 1.26. The molecule has 1 saturated carbocycles. The van der Waals surface area contributed by atoms with Gasteiger partial charge in [0.25, 0.3) is 0 Å². The van der Waals surface area contributed by atoms with Crippen molar-refractivity contribution in [3.05, 3.63) is 34.2 Å². The first kappa shape index (κ1) is 21.9. The molecule has 0 unspecified atom stereocenters. The molecule has 0 radical (unpaired) electrons. The molecule has 1 saturated heterocycles.